The predicted octanol–water partition coefficient (Wildman–Crippen LogP) is 6.55. The number of amides is 3. The normalized spacial score (nSPS) is 20.4. The first-order valence-electron chi connectivity index (χ1n) is 13.2. The van der Waals surface area contributed by atoms with Gasteiger partial charge in [-0.1, -0.05) is 97.9 Å². The van der Waals surface area contributed by atoms with Crippen LogP contribution >= 0.6 is 0 Å². The molecule has 5 heteroatoms. The van der Waals surface area contributed by atoms with E-state index >= 15 is 0 Å². The Morgan fingerprint density at radius 3 is 1.82 bits per heavy atom. The molecule has 3 amide bonds. The Balaban J connectivity index is 1.51. The Kier molecular flexibility index (Phi) is 5.76. The summed E-state index contributed by atoms with van der Waals surface area (Å²) in [5.74, 6) is -1.20. The first kappa shape index (κ1) is 24.8. The molecule has 0 fully saturated rings. The molecule has 0 saturated carbocycles. The van der Waals surface area contributed by atoms with Crippen LogP contribution in [0.3, 0.4) is 0 Å². The monoisotopic (exact) mass is 514 g/mol. The Labute approximate surface area is 228 Å². The first-order valence-corrected chi connectivity index (χ1v) is 13.2. The van der Waals surface area contributed by atoms with Crippen LogP contribution in [-0.4, -0.2) is 28.2 Å². The molecule has 39 heavy (non-hydrogen) atoms. The molecule has 5 nitrogen and oxygen atoms in total. The predicted molar refractivity (Wildman–Crippen MR) is 152 cm³/mol. The molecule has 2 aliphatic rings. The van der Waals surface area contributed by atoms with Gasteiger partial charge in [-0.05, 0) is 55.2 Å². The van der Waals surface area contributed by atoms with Crippen molar-refractivity contribution in [1.82, 2.24) is 4.90 Å². The average Bonchev–Trinajstić information content (AvgIpc) is 3.19. The van der Waals surface area contributed by atoms with E-state index < -0.39 is 23.4 Å². The third-order valence-corrected chi connectivity index (χ3v) is 8.20. The van der Waals surface area contributed by atoms with Crippen molar-refractivity contribution in [3.63, 3.8) is 0 Å². The van der Waals surface area contributed by atoms with Crippen LogP contribution < -0.4 is 4.90 Å². The molecule has 2 aliphatic heterocycles. The second kappa shape index (κ2) is 9.05. The highest BCUT2D eigenvalue weighted by Crippen LogP contribution is 2.51. The standard InChI is InChI=1S/C34H30N2O3/c1-33(2)22-34(3,24-16-8-5-9-17-24)27-20-12-13-21-28(27)36(33)32(39)29(23-14-6-4-7-15-23)35-30(37)25-18-10-11-19-26(25)31(35)38/h4-21,29H,22H2,1-3H3. The van der Waals surface area contributed by atoms with Crippen LogP contribution in [-0.2, 0) is 10.2 Å². The molecule has 4 aromatic rings. The maximum atomic E-state index is 14.8. The summed E-state index contributed by atoms with van der Waals surface area (Å²) in [6.07, 6.45) is 0.663. The maximum Gasteiger partial charge on any atom is 0.262 e. The Hall–Kier alpha value is -4.51. The molecule has 0 spiro atoms. The highest BCUT2D eigenvalue weighted by atomic mass is 16.2. The molecule has 6 rings (SSSR count). The number of benzene rings is 4. The average molecular weight is 515 g/mol. The first-order chi connectivity index (χ1) is 18.7. The van der Waals surface area contributed by atoms with Gasteiger partial charge in [0.2, 0.25) is 0 Å². The van der Waals surface area contributed by atoms with E-state index in [-0.39, 0.29) is 11.3 Å². The van der Waals surface area contributed by atoms with Gasteiger partial charge in [0.15, 0.2) is 0 Å². The number of imide groups is 1. The minimum atomic E-state index is -1.10. The minimum Gasteiger partial charge on any atom is -0.304 e. The van der Waals surface area contributed by atoms with Gasteiger partial charge in [-0.15, -0.1) is 0 Å². The lowest BCUT2D eigenvalue weighted by atomic mass is 9.65. The molecule has 2 atom stereocenters. The van der Waals surface area contributed by atoms with E-state index in [1.807, 2.05) is 71.6 Å². The van der Waals surface area contributed by atoms with Crippen LogP contribution in [0.1, 0.15) is 70.6 Å². The van der Waals surface area contributed by atoms with E-state index in [0.29, 0.717) is 23.1 Å². The quantitative estimate of drug-likeness (QED) is 0.290. The van der Waals surface area contributed by atoms with Gasteiger partial charge >= 0.3 is 0 Å². The summed E-state index contributed by atoms with van der Waals surface area (Å²) in [7, 11) is 0. The van der Waals surface area contributed by atoms with Crippen LogP contribution in [0.2, 0.25) is 0 Å². The molecule has 0 saturated heterocycles. The number of hydrogen-bond donors (Lipinski definition) is 0. The molecule has 194 valence electrons. The van der Waals surface area contributed by atoms with Gasteiger partial charge in [-0.3, -0.25) is 19.3 Å². The lowest BCUT2D eigenvalue weighted by Crippen LogP contribution is -2.58. The van der Waals surface area contributed by atoms with Crippen molar-refractivity contribution in [1.29, 1.82) is 0 Å². The number of fused-ring (bicyclic) bond motifs is 2. The van der Waals surface area contributed by atoms with Crippen LogP contribution in [0.4, 0.5) is 5.69 Å². The highest BCUT2D eigenvalue weighted by Gasteiger charge is 2.52. The summed E-state index contributed by atoms with van der Waals surface area (Å²) in [6, 6.07) is 33.2. The topological polar surface area (TPSA) is 57.7 Å². The third kappa shape index (κ3) is 3.80. The molecule has 0 aromatic heterocycles. The van der Waals surface area contributed by atoms with Crippen LogP contribution in [0.15, 0.2) is 109 Å². The Bertz CT molecular complexity index is 1560. The van der Waals surface area contributed by atoms with E-state index in [1.54, 1.807) is 24.3 Å². The fraction of sp³-hybridized carbons (Fsp3) is 0.206. The van der Waals surface area contributed by atoms with Gasteiger partial charge in [0.1, 0.15) is 6.04 Å². The van der Waals surface area contributed by atoms with Gasteiger partial charge in [0.25, 0.3) is 17.7 Å². The van der Waals surface area contributed by atoms with Gasteiger partial charge in [0, 0.05) is 16.6 Å². The molecule has 0 bridgehead atoms. The highest BCUT2D eigenvalue weighted by molar-refractivity contribution is 6.23. The maximum absolute atomic E-state index is 14.8. The number of para-hydroxylation sites is 1. The van der Waals surface area contributed by atoms with Crippen molar-refractivity contribution in [3.05, 3.63) is 137 Å². The molecule has 2 heterocycles. The molecular weight excluding hydrogens is 484 g/mol. The Morgan fingerprint density at radius 2 is 1.21 bits per heavy atom. The fourth-order valence-corrected chi connectivity index (χ4v) is 6.58. The van der Waals surface area contributed by atoms with E-state index in [9.17, 15) is 14.4 Å². The molecule has 0 N–H and O–H groups in total. The van der Waals surface area contributed by atoms with Crippen molar-refractivity contribution in [3.8, 4) is 0 Å². The molecule has 2 unspecified atom stereocenters. The summed E-state index contributed by atoms with van der Waals surface area (Å²) < 4.78 is 0. The van der Waals surface area contributed by atoms with Crippen LogP contribution in [0.5, 0.6) is 0 Å². The SMILES string of the molecule is CC1(c2ccccc2)CC(C)(C)N(C(=O)C(c2ccccc2)N2C(=O)c3ccccc3C2=O)c2ccccc21. The van der Waals surface area contributed by atoms with Gasteiger partial charge in [-0.2, -0.15) is 0 Å². The number of hydrogen-bond acceptors (Lipinski definition) is 3. The minimum absolute atomic E-state index is 0.303. The fourth-order valence-electron chi connectivity index (χ4n) is 6.58. The lowest BCUT2D eigenvalue weighted by molar-refractivity contribution is -0.124. The summed E-state index contributed by atoms with van der Waals surface area (Å²) in [6.45, 7) is 6.35. The number of carbonyl (C=O) groups is 3. The second-order valence-electron chi connectivity index (χ2n) is 11.2. The van der Waals surface area contributed by atoms with Crippen molar-refractivity contribution in [2.45, 2.75) is 44.2 Å². The number of carbonyl (C=O) groups excluding carboxylic acids is 3. The smallest absolute Gasteiger partial charge is 0.262 e. The number of rotatable bonds is 4. The summed E-state index contributed by atoms with van der Waals surface area (Å²) >= 11 is 0. The van der Waals surface area contributed by atoms with Crippen molar-refractivity contribution >= 4 is 23.4 Å². The van der Waals surface area contributed by atoms with E-state index in [0.717, 1.165) is 16.2 Å². The zero-order valence-corrected chi connectivity index (χ0v) is 22.3. The number of nitrogens with zero attached hydrogens (tertiary/aromatic N) is 2. The second-order valence-corrected chi connectivity index (χ2v) is 11.2. The summed E-state index contributed by atoms with van der Waals surface area (Å²) in [4.78, 5) is 45.1. The van der Waals surface area contributed by atoms with E-state index in [2.05, 4.69) is 39.0 Å². The zero-order valence-electron chi connectivity index (χ0n) is 22.3. The van der Waals surface area contributed by atoms with Gasteiger partial charge in [-0.25, -0.2) is 0 Å². The number of anilines is 1. The molecule has 0 aliphatic carbocycles. The van der Waals surface area contributed by atoms with Crippen molar-refractivity contribution in [2.75, 3.05) is 4.90 Å². The van der Waals surface area contributed by atoms with Crippen molar-refractivity contribution in [2.24, 2.45) is 0 Å². The molecule has 4 aromatic carbocycles. The van der Waals surface area contributed by atoms with Gasteiger partial charge in [0.05, 0.1) is 11.1 Å². The van der Waals surface area contributed by atoms with Crippen LogP contribution in [0.25, 0.3) is 0 Å². The largest absolute Gasteiger partial charge is 0.304 e. The van der Waals surface area contributed by atoms with Crippen molar-refractivity contribution < 1.29 is 14.4 Å². The Morgan fingerprint density at radius 1 is 0.692 bits per heavy atom. The summed E-state index contributed by atoms with van der Waals surface area (Å²) in [5, 5.41) is 0. The van der Waals surface area contributed by atoms with E-state index in [4.69, 9.17) is 0 Å². The lowest BCUT2D eigenvalue weighted by Gasteiger charge is -2.52. The van der Waals surface area contributed by atoms with Gasteiger partial charge < -0.3 is 4.90 Å². The zero-order chi connectivity index (χ0) is 27.4. The molecular formula is C34H30N2O3. The van der Waals surface area contributed by atoms with Crippen LogP contribution in [0, 0.1) is 0 Å². The molecule has 0 radical (unpaired) electrons. The third-order valence-electron chi connectivity index (χ3n) is 8.20. The summed E-state index contributed by atoms with van der Waals surface area (Å²) in [5.41, 5.74) is 3.30. The van der Waals surface area contributed by atoms with E-state index in [1.165, 1.54) is 5.56 Å².